The van der Waals surface area contributed by atoms with Crippen LogP contribution in [-0.4, -0.2) is 18.9 Å². The Bertz CT molecular complexity index is 387. The van der Waals surface area contributed by atoms with Gasteiger partial charge in [-0.3, -0.25) is 9.59 Å². The van der Waals surface area contributed by atoms with Gasteiger partial charge in [-0.05, 0) is 17.7 Å². The molecule has 0 bridgehead atoms. The molecule has 0 saturated heterocycles. The zero-order chi connectivity index (χ0) is 12.1. The Hall–Kier alpha value is -2.04. The van der Waals surface area contributed by atoms with Crippen LogP contribution in [0.3, 0.4) is 0 Å². The molecule has 1 rings (SSSR count). The molecule has 0 aliphatic heterocycles. The van der Waals surface area contributed by atoms with Crippen LogP contribution in [0.4, 0.5) is 0 Å². The van der Waals surface area contributed by atoms with Gasteiger partial charge in [-0.1, -0.05) is 12.1 Å². The smallest absolute Gasteiger partial charge is 0.225 e. The van der Waals surface area contributed by atoms with Crippen molar-refractivity contribution in [1.82, 2.24) is 0 Å². The number of methoxy groups -OCH3 is 1. The molecule has 5 heteroatoms. The van der Waals surface area contributed by atoms with Gasteiger partial charge in [0.2, 0.25) is 11.8 Å². The van der Waals surface area contributed by atoms with E-state index < -0.39 is 17.7 Å². The Labute approximate surface area is 93.4 Å². The Morgan fingerprint density at radius 3 is 2.19 bits per heavy atom. The van der Waals surface area contributed by atoms with Gasteiger partial charge in [0.15, 0.2) is 0 Å². The van der Waals surface area contributed by atoms with E-state index in [0.717, 1.165) is 0 Å². The van der Waals surface area contributed by atoms with Gasteiger partial charge in [0.25, 0.3) is 0 Å². The highest BCUT2D eigenvalue weighted by atomic mass is 16.5. The molecule has 1 aromatic rings. The average Bonchev–Trinajstić information content (AvgIpc) is 2.25. The predicted octanol–water partition coefficient (Wildman–Crippen LogP) is 0.139. The maximum absolute atomic E-state index is 11.2. The van der Waals surface area contributed by atoms with E-state index in [9.17, 15) is 9.59 Å². The van der Waals surface area contributed by atoms with E-state index in [1.54, 1.807) is 31.4 Å². The van der Waals surface area contributed by atoms with Gasteiger partial charge in [0, 0.05) is 6.42 Å². The van der Waals surface area contributed by atoms with Gasteiger partial charge in [-0.25, -0.2) is 0 Å². The van der Waals surface area contributed by atoms with Gasteiger partial charge in [0.1, 0.15) is 5.75 Å². The molecule has 16 heavy (non-hydrogen) atoms. The lowest BCUT2D eigenvalue weighted by Gasteiger charge is -2.12. The third kappa shape index (κ3) is 2.98. The first-order valence-corrected chi connectivity index (χ1v) is 4.76. The molecule has 2 amide bonds. The van der Waals surface area contributed by atoms with Gasteiger partial charge in [-0.15, -0.1) is 0 Å². The van der Waals surface area contributed by atoms with Gasteiger partial charge < -0.3 is 16.2 Å². The minimum Gasteiger partial charge on any atom is -0.497 e. The first kappa shape index (κ1) is 12.0. The topological polar surface area (TPSA) is 95.4 Å². The molecule has 0 saturated carbocycles. The Balaban J connectivity index is 2.92. The Morgan fingerprint density at radius 2 is 1.81 bits per heavy atom. The minimum atomic E-state index is -0.677. The van der Waals surface area contributed by atoms with Crippen LogP contribution in [0.15, 0.2) is 24.3 Å². The number of nitrogens with two attached hydrogens (primary N) is 2. The highest BCUT2D eigenvalue weighted by Gasteiger charge is 2.20. The van der Waals surface area contributed by atoms with Crippen molar-refractivity contribution < 1.29 is 14.3 Å². The lowest BCUT2D eigenvalue weighted by atomic mass is 9.95. The molecule has 0 aromatic heterocycles. The summed E-state index contributed by atoms with van der Waals surface area (Å²) in [6, 6.07) is 6.78. The summed E-state index contributed by atoms with van der Waals surface area (Å²) in [5, 5.41) is 0. The molecule has 0 unspecified atom stereocenters. The van der Waals surface area contributed by atoms with E-state index in [-0.39, 0.29) is 6.42 Å². The number of hydrogen-bond acceptors (Lipinski definition) is 3. The van der Waals surface area contributed by atoms with Gasteiger partial charge >= 0.3 is 0 Å². The van der Waals surface area contributed by atoms with Gasteiger partial charge in [0.05, 0.1) is 13.0 Å². The van der Waals surface area contributed by atoms with Crippen LogP contribution in [0.5, 0.6) is 5.75 Å². The lowest BCUT2D eigenvalue weighted by molar-refractivity contribution is -0.124. The van der Waals surface area contributed by atoms with Crippen molar-refractivity contribution in [3.05, 3.63) is 29.8 Å². The number of amides is 2. The quantitative estimate of drug-likeness (QED) is 0.741. The molecule has 1 aromatic carbocycles. The molecule has 0 aliphatic rings. The number of ether oxygens (including phenoxy) is 1. The van der Waals surface area contributed by atoms with Crippen LogP contribution >= 0.6 is 0 Å². The van der Waals surface area contributed by atoms with Crippen molar-refractivity contribution in [1.29, 1.82) is 0 Å². The molecule has 0 aliphatic carbocycles. The van der Waals surface area contributed by atoms with Crippen LogP contribution in [0, 0.1) is 0 Å². The van der Waals surface area contributed by atoms with Crippen LogP contribution in [0.2, 0.25) is 0 Å². The molecule has 0 fully saturated rings. The maximum Gasteiger partial charge on any atom is 0.225 e. The van der Waals surface area contributed by atoms with E-state index in [4.69, 9.17) is 16.2 Å². The number of hydrogen-bond donors (Lipinski definition) is 2. The first-order chi connectivity index (χ1) is 7.54. The van der Waals surface area contributed by atoms with Crippen molar-refractivity contribution in [3.63, 3.8) is 0 Å². The second kappa shape index (κ2) is 5.16. The van der Waals surface area contributed by atoms with E-state index in [0.29, 0.717) is 11.3 Å². The van der Waals surface area contributed by atoms with Crippen LogP contribution < -0.4 is 16.2 Å². The molecule has 0 radical (unpaired) electrons. The average molecular weight is 222 g/mol. The summed E-state index contributed by atoms with van der Waals surface area (Å²) in [6.07, 6.45) is -0.0817. The van der Waals surface area contributed by atoms with Crippen LogP contribution in [0.25, 0.3) is 0 Å². The summed E-state index contributed by atoms with van der Waals surface area (Å²) in [7, 11) is 1.55. The molecule has 4 N–H and O–H groups in total. The largest absolute Gasteiger partial charge is 0.497 e. The fourth-order valence-corrected chi connectivity index (χ4v) is 1.42. The summed E-state index contributed by atoms with van der Waals surface area (Å²) in [5.74, 6) is -1.13. The third-order valence-electron chi connectivity index (χ3n) is 2.27. The van der Waals surface area contributed by atoms with Crippen molar-refractivity contribution in [2.24, 2.45) is 11.5 Å². The molecule has 5 nitrogen and oxygen atoms in total. The number of rotatable bonds is 5. The molecule has 0 heterocycles. The van der Waals surface area contributed by atoms with E-state index in [1.807, 2.05) is 0 Å². The number of carbonyl (C=O) groups is 2. The fraction of sp³-hybridized carbons (Fsp3) is 0.273. The van der Waals surface area contributed by atoms with E-state index in [1.165, 1.54) is 0 Å². The van der Waals surface area contributed by atoms with Gasteiger partial charge in [-0.2, -0.15) is 0 Å². The zero-order valence-corrected chi connectivity index (χ0v) is 8.97. The van der Waals surface area contributed by atoms with Crippen molar-refractivity contribution in [2.75, 3.05) is 7.11 Å². The summed E-state index contributed by atoms with van der Waals surface area (Å²) in [5.41, 5.74) is 10.9. The summed E-state index contributed by atoms with van der Waals surface area (Å²) >= 11 is 0. The molecular formula is C11H14N2O3. The Morgan fingerprint density at radius 1 is 1.25 bits per heavy atom. The van der Waals surface area contributed by atoms with Crippen LogP contribution in [-0.2, 0) is 9.59 Å². The van der Waals surface area contributed by atoms with Crippen molar-refractivity contribution in [3.8, 4) is 5.75 Å². The summed E-state index contributed by atoms with van der Waals surface area (Å²) in [4.78, 5) is 22.0. The number of carbonyl (C=O) groups excluding carboxylic acids is 2. The normalized spacial score (nSPS) is 11.8. The maximum atomic E-state index is 11.2. The molecule has 0 spiro atoms. The highest BCUT2D eigenvalue weighted by molar-refractivity contribution is 5.88. The number of primary amides is 2. The molecule has 86 valence electrons. The second-order valence-electron chi connectivity index (χ2n) is 3.40. The SMILES string of the molecule is COc1ccc([C@@H](CC(N)=O)C(N)=O)cc1. The zero-order valence-electron chi connectivity index (χ0n) is 8.97. The van der Waals surface area contributed by atoms with E-state index in [2.05, 4.69) is 0 Å². The standard InChI is InChI=1S/C11H14N2O3/c1-16-8-4-2-7(3-5-8)9(11(13)15)6-10(12)14/h2-5,9H,6H2,1H3,(H2,12,14)(H2,13,15)/t9-/m1/s1. The Kier molecular flexibility index (Phi) is 3.88. The lowest BCUT2D eigenvalue weighted by Crippen LogP contribution is -2.26. The fourth-order valence-electron chi connectivity index (χ4n) is 1.42. The monoisotopic (exact) mass is 222 g/mol. The van der Waals surface area contributed by atoms with E-state index >= 15 is 0 Å². The van der Waals surface area contributed by atoms with Crippen molar-refractivity contribution in [2.45, 2.75) is 12.3 Å². The van der Waals surface area contributed by atoms with Crippen LogP contribution in [0.1, 0.15) is 17.9 Å². The third-order valence-corrected chi connectivity index (χ3v) is 2.27. The first-order valence-electron chi connectivity index (χ1n) is 4.76. The summed E-state index contributed by atoms with van der Waals surface area (Å²) < 4.78 is 4.98. The number of benzene rings is 1. The second-order valence-corrected chi connectivity index (χ2v) is 3.40. The minimum absolute atomic E-state index is 0.0817. The molecular weight excluding hydrogens is 208 g/mol. The molecule has 1 atom stereocenters. The highest BCUT2D eigenvalue weighted by Crippen LogP contribution is 2.21. The van der Waals surface area contributed by atoms with Crippen molar-refractivity contribution >= 4 is 11.8 Å². The predicted molar refractivity (Wildman–Crippen MR) is 58.7 cm³/mol. The summed E-state index contributed by atoms with van der Waals surface area (Å²) in [6.45, 7) is 0.